The first-order chi connectivity index (χ1) is 5.87. The average molecular weight is 190 g/mol. The summed E-state index contributed by atoms with van der Waals surface area (Å²) in [6.07, 6.45) is -0.857. The van der Waals surface area contributed by atoms with Crippen LogP contribution in [0.3, 0.4) is 0 Å². The monoisotopic (exact) mass is 190 g/mol. The van der Waals surface area contributed by atoms with Crippen molar-refractivity contribution in [3.63, 3.8) is 0 Å². The number of ether oxygens (including phenoxy) is 2. The van der Waals surface area contributed by atoms with E-state index in [9.17, 15) is 4.79 Å². The van der Waals surface area contributed by atoms with Crippen LogP contribution in [0.4, 0.5) is 0 Å². The van der Waals surface area contributed by atoms with E-state index in [1.165, 1.54) is 0 Å². The second kappa shape index (κ2) is 5.19. The Bertz CT molecular complexity index is 159. The molecule has 0 fully saturated rings. The molecule has 0 aromatic rings. The Morgan fingerprint density at radius 1 is 1.46 bits per heavy atom. The Morgan fingerprint density at radius 2 is 2.00 bits per heavy atom. The van der Waals surface area contributed by atoms with Crippen LogP contribution in [-0.4, -0.2) is 36.0 Å². The van der Waals surface area contributed by atoms with E-state index in [-0.39, 0.29) is 12.2 Å². The SMILES string of the molecule is CCOC(COC(C)(C)C)C(=O)O. The van der Waals surface area contributed by atoms with Crippen LogP contribution in [0.25, 0.3) is 0 Å². The molecule has 1 unspecified atom stereocenters. The van der Waals surface area contributed by atoms with Crippen molar-refractivity contribution in [2.45, 2.75) is 39.4 Å². The molecule has 0 heterocycles. The third-order valence-electron chi connectivity index (χ3n) is 1.31. The summed E-state index contributed by atoms with van der Waals surface area (Å²) in [7, 11) is 0. The summed E-state index contributed by atoms with van der Waals surface area (Å²) in [6, 6.07) is 0. The van der Waals surface area contributed by atoms with Gasteiger partial charge in [0, 0.05) is 6.61 Å². The van der Waals surface area contributed by atoms with Crippen LogP contribution in [0.15, 0.2) is 0 Å². The topological polar surface area (TPSA) is 55.8 Å². The molecule has 0 amide bonds. The van der Waals surface area contributed by atoms with Crippen molar-refractivity contribution in [2.75, 3.05) is 13.2 Å². The van der Waals surface area contributed by atoms with Crippen molar-refractivity contribution in [3.05, 3.63) is 0 Å². The highest BCUT2D eigenvalue weighted by Crippen LogP contribution is 2.08. The summed E-state index contributed by atoms with van der Waals surface area (Å²) in [5.74, 6) is -0.980. The summed E-state index contributed by atoms with van der Waals surface area (Å²) in [5.41, 5.74) is -0.329. The summed E-state index contributed by atoms with van der Waals surface area (Å²) in [4.78, 5) is 10.6. The van der Waals surface area contributed by atoms with Gasteiger partial charge >= 0.3 is 5.97 Å². The third-order valence-corrected chi connectivity index (χ3v) is 1.31. The first kappa shape index (κ1) is 12.4. The molecular weight excluding hydrogens is 172 g/mol. The fourth-order valence-electron chi connectivity index (χ4n) is 0.718. The normalized spacial score (nSPS) is 14.2. The van der Waals surface area contributed by atoms with Gasteiger partial charge in [0.25, 0.3) is 0 Å². The molecule has 0 saturated carbocycles. The number of hydrogen-bond acceptors (Lipinski definition) is 3. The fraction of sp³-hybridized carbons (Fsp3) is 0.889. The molecule has 4 nitrogen and oxygen atoms in total. The molecule has 78 valence electrons. The van der Waals surface area contributed by atoms with Gasteiger partial charge in [-0.2, -0.15) is 0 Å². The predicted octanol–water partition coefficient (Wildman–Crippen LogP) is 1.29. The molecule has 4 heteroatoms. The maximum absolute atomic E-state index is 10.6. The zero-order valence-electron chi connectivity index (χ0n) is 8.66. The molecule has 0 radical (unpaired) electrons. The molecule has 0 aliphatic rings. The van der Waals surface area contributed by atoms with Gasteiger partial charge in [-0.05, 0) is 27.7 Å². The molecule has 0 rings (SSSR count). The van der Waals surface area contributed by atoms with Crippen molar-refractivity contribution >= 4 is 5.97 Å². The van der Waals surface area contributed by atoms with Gasteiger partial charge in [0.1, 0.15) is 0 Å². The van der Waals surface area contributed by atoms with E-state index in [0.717, 1.165) is 0 Å². The molecule has 0 aliphatic carbocycles. The highest BCUT2D eigenvalue weighted by molar-refractivity contribution is 5.72. The van der Waals surface area contributed by atoms with Crippen molar-refractivity contribution < 1.29 is 19.4 Å². The highest BCUT2D eigenvalue weighted by Gasteiger charge is 2.21. The van der Waals surface area contributed by atoms with Gasteiger partial charge < -0.3 is 14.6 Å². The summed E-state index contributed by atoms with van der Waals surface area (Å²) < 4.78 is 10.3. The Kier molecular flexibility index (Phi) is 4.95. The molecule has 0 saturated heterocycles. The number of hydrogen-bond donors (Lipinski definition) is 1. The van der Waals surface area contributed by atoms with E-state index in [0.29, 0.717) is 6.61 Å². The van der Waals surface area contributed by atoms with Gasteiger partial charge in [-0.25, -0.2) is 4.79 Å². The molecule has 0 spiro atoms. The standard InChI is InChI=1S/C9H18O4/c1-5-12-7(8(10)11)6-13-9(2,3)4/h7H,5-6H2,1-4H3,(H,10,11). The molecule has 0 aliphatic heterocycles. The quantitative estimate of drug-likeness (QED) is 0.709. The average Bonchev–Trinajstić information content (AvgIpc) is 1.95. The lowest BCUT2D eigenvalue weighted by atomic mass is 10.2. The maximum Gasteiger partial charge on any atom is 0.335 e. The number of aliphatic carboxylic acids is 1. The smallest absolute Gasteiger partial charge is 0.335 e. The third kappa shape index (κ3) is 6.54. The second-order valence-electron chi connectivity index (χ2n) is 3.71. The minimum Gasteiger partial charge on any atom is -0.479 e. The lowest BCUT2D eigenvalue weighted by Gasteiger charge is -2.22. The van der Waals surface area contributed by atoms with Crippen LogP contribution in [0.5, 0.6) is 0 Å². The minimum atomic E-state index is -0.980. The van der Waals surface area contributed by atoms with Crippen molar-refractivity contribution in [3.8, 4) is 0 Å². The molecule has 1 atom stereocenters. The van der Waals surface area contributed by atoms with Crippen LogP contribution in [-0.2, 0) is 14.3 Å². The van der Waals surface area contributed by atoms with E-state index >= 15 is 0 Å². The van der Waals surface area contributed by atoms with E-state index < -0.39 is 12.1 Å². The van der Waals surface area contributed by atoms with Gasteiger partial charge in [0.2, 0.25) is 0 Å². The zero-order chi connectivity index (χ0) is 10.5. The lowest BCUT2D eigenvalue weighted by molar-refractivity contribution is -0.158. The van der Waals surface area contributed by atoms with Crippen LogP contribution in [0.1, 0.15) is 27.7 Å². The molecule has 0 bridgehead atoms. The van der Waals surface area contributed by atoms with Crippen molar-refractivity contribution in [1.82, 2.24) is 0 Å². The molecule has 0 aromatic carbocycles. The Morgan fingerprint density at radius 3 is 2.31 bits per heavy atom. The largest absolute Gasteiger partial charge is 0.479 e. The lowest BCUT2D eigenvalue weighted by Crippen LogP contribution is -2.33. The highest BCUT2D eigenvalue weighted by atomic mass is 16.6. The van der Waals surface area contributed by atoms with E-state index in [1.54, 1.807) is 6.92 Å². The van der Waals surface area contributed by atoms with Crippen LogP contribution in [0.2, 0.25) is 0 Å². The first-order valence-electron chi connectivity index (χ1n) is 4.35. The van der Waals surface area contributed by atoms with Gasteiger partial charge in [-0.3, -0.25) is 0 Å². The molecule has 1 N–H and O–H groups in total. The maximum atomic E-state index is 10.6. The summed E-state index contributed by atoms with van der Waals surface area (Å²) in [5, 5.41) is 8.70. The number of carboxylic acid groups (broad SMARTS) is 1. The van der Waals surface area contributed by atoms with E-state index in [4.69, 9.17) is 14.6 Å². The van der Waals surface area contributed by atoms with Gasteiger partial charge in [-0.15, -0.1) is 0 Å². The number of carbonyl (C=O) groups is 1. The number of rotatable bonds is 5. The molecular formula is C9H18O4. The molecule has 0 aromatic heterocycles. The Labute approximate surface area is 78.8 Å². The Balaban J connectivity index is 3.90. The molecule has 13 heavy (non-hydrogen) atoms. The van der Waals surface area contributed by atoms with Gasteiger partial charge in [-0.1, -0.05) is 0 Å². The van der Waals surface area contributed by atoms with Crippen molar-refractivity contribution in [1.29, 1.82) is 0 Å². The van der Waals surface area contributed by atoms with E-state index in [2.05, 4.69) is 0 Å². The summed E-state index contributed by atoms with van der Waals surface area (Å²) >= 11 is 0. The first-order valence-corrected chi connectivity index (χ1v) is 4.35. The van der Waals surface area contributed by atoms with Gasteiger partial charge in [0.15, 0.2) is 6.10 Å². The fourth-order valence-corrected chi connectivity index (χ4v) is 0.718. The zero-order valence-corrected chi connectivity index (χ0v) is 8.66. The van der Waals surface area contributed by atoms with Crippen LogP contribution in [0, 0.1) is 0 Å². The van der Waals surface area contributed by atoms with Gasteiger partial charge in [0.05, 0.1) is 12.2 Å². The number of carboxylic acids is 1. The van der Waals surface area contributed by atoms with E-state index in [1.807, 2.05) is 20.8 Å². The van der Waals surface area contributed by atoms with Crippen LogP contribution < -0.4 is 0 Å². The second-order valence-corrected chi connectivity index (χ2v) is 3.71. The predicted molar refractivity (Wildman–Crippen MR) is 48.8 cm³/mol. The minimum absolute atomic E-state index is 0.0900. The summed E-state index contributed by atoms with van der Waals surface area (Å²) in [6.45, 7) is 7.84. The van der Waals surface area contributed by atoms with Crippen molar-refractivity contribution in [2.24, 2.45) is 0 Å². The Hall–Kier alpha value is -0.610. The van der Waals surface area contributed by atoms with Crippen LogP contribution >= 0.6 is 0 Å².